The van der Waals surface area contributed by atoms with Crippen LogP contribution < -0.4 is 14.8 Å². The summed E-state index contributed by atoms with van der Waals surface area (Å²) in [4.78, 5) is 27.6. The van der Waals surface area contributed by atoms with Gasteiger partial charge in [-0.1, -0.05) is 26.0 Å². The molecular weight excluding hydrogens is 380 g/mol. The van der Waals surface area contributed by atoms with Gasteiger partial charge in [0.1, 0.15) is 17.2 Å². The molecule has 0 saturated carbocycles. The SMILES string of the molecule is CCOc1ccc(NC2=C(c3ccc(OCC)cc3)C(=O)N(CC(C)C)C2=O)cc1. The molecule has 1 heterocycles. The fourth-order valence-corrected chi connectivity index (χ4v) is 3.32. The van der Waals surface area contributed by atoms with Crippen molar-refractivity contribution in [3.63, 3.8) is 0 Å². The summed E-state index contributed by atoms with van der Waals surface area (Å²) in [6, 6.07) is 14.6. The summed E-state index contributed by atoms with van der Waals surface area (Å²) in [6.07, 6.45) is 0. The Balaban J connectivity index is 1.97. The molecule has 0 aromatic heterocycles. The van der Waals surface area contributed by atoms with Gasteiger partial charge in [-0.15, -0.1) is 0 Å². The van der Waals surface area contributed by atoms with E-state index < -0.39 is 0 Å². The number of rotatable bonds is 9. The smallest absolute Gasteiger partial charge is 0.278 e. The van der Waals surface area contributed by atoms with E-state index in [9.17, 15) is 9.59 Å². The van der Waals surface area contributed by atoms with Gasteiger partial charge in [0.05, 0.1) is 18.8 Å². The Hall–Kier alpha value is -3.28. The first-order valence-corrected chi connectivity index (χ1v) is 10.3. The van der Waals surface area contributed by atoms with E-state index in [0.717, 1.165) is 11.5 Å². The summed E-state index contributed by atoms with van der Waals surface area (Å²) in [6.45, 7) is 9.31. The van der Waals surface area contributed by atoms with Crippen molar-refractivity contribution in [2.24, 2.45) is 5.92 Å². The molecule has 0 atom stereocenters. The Kier molecular flexibility index (Phi) is 6.77. The van der Waals surface area contributed by atoms with Crippen LogP contribution in [0.2, 0.25) is 0 Å². The number of carbonyl (C=O) groups excluding carboxylic acids is 2. The maximum atomic E-state index is 13.2. The van der Waals surface area contributed by atoms with Crippen molar-refractivity contribution in [2.45, 2.75) is 27.7 Å². The predicted molar refractivity (Wildman–Crippen MR) is 117 cm³/mol. The standard InChI is InChI=1S/C24H28N2O4/c1-5-29-19-11-7-17(8-12-19)21-22(24(28)26(23(21)27)15-16(3)4)25-18-9-13-20(14-10-18)30-6-2/h7-14,16,25H,5-6,15H2,1-4H3. The van der Waals surface area contributed by atoms with Gasteiger partial charge < -0.3 is 14.8 Å². The molecular formula is C24H28N2O4. The van der Waals surface area contributed by atoms with Crippen LogP contribution in [-0.4, -0.2) is 36.5 Å². The van der Waals surface area contributed by atoms with Gasteiger partial charge in [0.25, 0.3) is 11.8 Å². The molecule has 1 aliphatic rings. The zero-order valence-corrected chi connectivity index (χ0v) is 17.9. The lowest BCUT2D eigenvalue weighted by Crippen LogP contribution is -2.35. The Morgan fingerprint density at radius 3 is 1.87 bits per heavy atom. The number of benzene rings is 2. The first kappa shape index (κ1) is 21.4. The number of imide groups is 1. The lowest BCUT2D eigenvalue weighted by molar-refractivity contribution is -0.137. The Bertz CT molecular complexity index is 931. The van der Waals surface area contributed by atoms with Gasteiger partial charge >= 0.3 is 0 Å². The van der Waals surface area contributed by atoms with E-state index in [1.165, 1.54) is 4.90 Å². The fraction of sp³-hybridized carbons (Fsp3) is 0.333. The average Bonchev–Trinajstić information content (AvgIpc) is 2.94. The lowest BCUT2D eigenvalue weighted by atomic mass is 10.0. The van der Waals surface area contributed by atoms with E-state index in [-0.39, 0.29) is 23.4 Å². The Morgan fingerprint density at radius 2 is 1.37 bits per heavy atom. The van der Waals surface area contributed by atoms with Crippen LogP contribution in [0.5, 0.6) is 11.5 Å². The largest absolute Gasteiger partial charge is 0.494 e. The second-order valence-corrected chi connectivity index (χ2v) is 7.40. The maximum Gasteiger partial charge on any atom is 0.278 e. The van der Waals surface area contributed by atoms with Gasteiger partial charge in [-0.3, -0.25) is 14.5 Å². The van der Waals surface area contributed by atoms with Crippen LogP contribution in [-0.2, 0) is 9.59 Å². The average molecular weight is 408 g/mol. The number of nitrogens with zero attached hydrogens (tertiary/aromatic N) is 1. The van der Waals surface area contributed by atoms with Gasteiger partial charge in [0.2, 0.25) is 0 Å². The highest BCUT2D eigenvalue weighted by Gasteiger charge is 2.39. The molecule has 0 radical (unpaired) electrons. The summed E-state index contributed by atoms with van der Waals surface area (Å²) in [7, 11) is 0. The molecule has 2 amide bonds. The minimum atomic E-state index is -0.313. The molecule has 0 saturated heterocycles. The van der Waals surface area contributed by atoms with Crippen molar-refractivity contribution < 1.29 is 19.1 Å². The fourth-order valence-electron chi connectivity index (χ4n) is 3.32. The molecule has 0 bridgehead atoms. The van der Waals surface area contributed by atoms with Crippen LogP contribution in [0, 0.1) is 5.92 Å². The van der Waals surface area contributed by atoms with Gasteiger partial charge in [-0.25, -0.2) is 0 Å². The van der Waals surface area contributed by atoms with Crippen molar-refractivity contribution in [3.05, 3.63) is 59.8 Å². The number of hydrogen-bond donors (Lipinski definition) is 1. The van der Waals surface area contributed by atoms with Crippen LogP contribution in [0.15, 0.2) is 54.2 Å². The van der Waals surface area contributed by atoms with Crippen molar-refractivity contribution in [3.8, 4) is 11.5 Å². The molecule has 6 heteroatoms. The zero-order chi connectivity index (χ0) is 21.7. The predicted octanol–water partition coefficient (Wildman–Crippen LogP) is 4.33. The van der Waals surface area contributed by atoms with Gasteiger partial charge in [-0.05, 0) is 61.7 Å². The second-order valence-electron chi connectivity index (χ2n) is 7.40. The summed E-state index contributed by atoms with van der Waals surface area (Å²) in [5.41, 5.74) is 2.05. The van der Waals surface area contributed by atoms with Crippen LogP contribution in [0.4, 0.5) is 5.69 Å². The molecule has 0 unspecified atom stereocenters. The Morgan fingerprint density at radius 1 is 0.833 bits per heavy atom. The van der Waals surface area contributed by atoms with Crippen LogP contribution in [0.3, 0.4) is 0 Å². The van der Waals surface area contributed by atoms with Crippen molar-refractivity contribution in [1.82, 2.24) is 4.90 Å². The number of nitrogens with one attached hydrogen (secondary N) is 1. The van der Waals surface area contributed by atoms with Crippen LogP contribution in [0.1, 0.15) is 33.3 Å². The quantitative estimate of drug-likeness (QED) is 0.626. The number of amides is 2. The van der Waals surface area contributed by atoms with E-state index in [4.69, 9.17) is 9.47 Å². The summed E-state index contributed by atoms with van der Waals surface area (Å²) < 4.78 is 11.0. The molecule has 158 valence electrons. The third kappa shape index (κ3) is 4.64. The van der Waals surface area contributed by atoms with E-state index >= 15 is 0 Å². The third-order valence-corrected chi connectivity index (χ3v) is 4.60. The van der Waals surface area contributed by atoms with Crippen molar-refractivity contribution >= 4 is 23.1 Å². The molecule has 0 fully saturated rings. The molecule has 3 rings (SSSR count). The van der Waals surface area contributed by atoms with Crippen LogP contribution >= 0.6 is 0 Å². The van der Waals surface area contributed by atoms with Gasteiger partial charge in [0.15, 0.2) is 0 Å². The topological polar surface area (TPSA) is 67.9 Å². The highest BCUT2D eigenvalue weighted by atomic mass is 16.5. The molecule has 2 aromatic rings. The molecule has 0 aliphatic carbocycles. The number of carbonyl (C=O) groups is 2. The van der Waals surface area contributed by atoms with E-state index in [2.05, 4.69) is 5.32 Å². The van der Waals surface area contributed by atoms with Gasteiger partial charge in [0, 0.05) is 12.2 Å². The monoisotopic (exact) mass is 408 g/mol. The van der Waals surface area contributed by atoms with E-state index in [0.29, 0.717) is 36.6 Å². The highest BCUT2D eigenvalue weighted by Crippen LogP contribution is 2.32. The number of ether oxygens (including phenoxy) is 2. The minimum absolute atomic E-state index is 0.171. The van der Waals surface area contributed by atoms with Crippen LogP contribution in [0.25, 0.3) is 5.57 Å². The molecule has 30 heavy (non-hydrogen) atoms. The summed E-state index contributed by atoms with van der Waals surface area (Å²) >= 11 is 0. The first-order valence-electron chi connectivity index (χ1n) is 10.3. The number of anilines is 1. The molecule has 1 N–H and O–H groups in total. The molecule has 0 spiro atoms. The number of hydrogen-bond acceptors (Lipinski definition) is 5. The second kappa shape index (κ2) is 9.48. The third-order valence-electron chi connectivity index (χ3n) is 4.60. The maximum absolute atomic E-state index is 13.2. The lowest BCUT2D eigenvalue weighted by Gasteiger charge is -2.17. The molecule has 2 aromatic carbocycles. The van der Waals surface area contributed by atoms with Crippen molar-refractivity contribution in [2.75, 3.05) is 25.1 Å². The molecule has 1 aliphatic heterocycles. The Labute approximate surface area is 177 Å². The summed E-state index contributed by atoms with van der Waals surface area (Å²) in [5.74, 6) is 1.04. The van der Waals surface area contributed by atoms with Gasteiger partial charge in [-0.2, -0.15) is 0 Å². The van der Waals surface area contributed by atoms with Crippen molar-refractivity contribution in [1.29, 1.82) is 0 Å². The normalized spacial score (nSPS) is 14.0. The van der Waals surface area contributed by atoms with E-state index in [1.54, 1.807) is 0 Å². The highest BCUT2D eigenvalue weighted by molar-refractivity contribution is 6.36. The first-order chi connectivity index (χ1) is 14.4. The molecule has 6 nitrogen and oxygen atoms in total. The minimum Gasteiger partial charge on any atom is -0.494 e. The summed E-state index contributed by atoms with van der Waals surface area (Å²) in [5, 5.41) is 3.16. The zero-order valence-electron chi connectivity index (χ0n) is 17.9. The van der Waals surface area contributed by atoms with E-state index in [1.807, 2.05) is 76.2 Å².